The Morgan fingerprint density at radius 2 is 1.69 bits per heavy atom. The Balaban J connectivity index is 1.53. The fourth-order valence-corrected chi connectivity index (χ4v) is 4.53. The third-order valence-corrected chi connectivity index (χ3v) is 6.34. The predicted octanol–water partition coefficient (Wildman–Crippen LogP) is 4.71. The van der Waals surface area contributed by atoms with E-state index in [2.05, 4.69) is 14.5 Å². The quantitative estimate of drug-likeness (QED) is 0.341. The molecule has 0 aliphatic heterocycles. The van der Waals surface area contributed by atoms with E-state index >= 15 is 0 Å². The number of nitrogens with zero attached hydrogens (tertiary/aromatic N) is 5. The molecule has 0 saturated heterocycles. The predicted molar refractivity (Wildman–Crippen MR) is 138 cm³/mol. The molecule has 0 unspecified atom stereocenters. The second-order valence-corrected chi connectivity index (χ2v) is 8.98. The van der Waals surface area contributed by atoms with E-state index in [1.807, 2.05) is 25.1 Å². The number of hydrogen-bond acceptors (Lipinski definition) is 5. The van der Waals surface area contributed by atoms with Crippen molar-refractivity contribution in [3.8, 4) is 0 Å². The number of aryl methyl sites for hydroxylation is 1. The van der Waals surface area contributed by atoms with Crippen molar-refractivity contribution in [2.45, 2.75) is 20.4 Å². The van der Waals surface area contributed by atoms with Gasteiger partial charge in [0.15, 0.2) is 11.6 Å². The van der Waals surface area contributed by atoms with Gasteiger partial charge in [0.2, 0.25) is 0 Å². The molecule has 0 radical (unpaired) electrons. The molecule has 3 aromatic heterocycles. The van der Waals surface area contributed by atoms with Crippen LogP contribution in [0, 0.1) is 6.92 Å². The van der Waals surface area contributed by atoms with Crippen molar-refractivity contribution < 1.29 is 14.4 Å². The zero-order valence-electron chi connectivity index (χ0n) is 20.5. The van der Waals surface area contributed by atoms with Crippen LogP contribution in [0.15, 0.2) is 67.1 Å². The first-order valence-corrected chi connectivity index (χ1v) is 11.5. The van der Waals surface area contributed by atoms with Crippen LogP contribution in [-0.2, 0) is 6.54 Å². The van der Waals surface area contributed by atoms with Crippen LogP contribution in [-0.4, -0.2) is 55.7 Å². The normalized spacial score (nSPS) is 11.2. The first-order valence-electron chi connectivity index (χ1n) is 11.5. The van der Waals surface area contributed by atoms with E-state index < -0.39 is 0 Å². The minimum atomic E-state index is -0.298. The molecule has 8 nitrogen and oxygen atoms in total. The first-order chi connectivity index (χ1) is 17.3. The molecule has 5 rings (SSSR count). The number of carbonyl (C=O) groups excluding carboxylic acids is 3. The van der Waals surface area contributed by atoms with E-state index in [4.69, 9.17) is 0 Å². The summed E-state index contributed by atoms with van der Waals surface area (Å²) >= 11 is 0. The van der Waals surface area contributed by atoms with Gasteiger partial charge in [-0.15, -0.1) is 0 Å². The van der Waals surface area contributed by atoms with E-state index in [1.54, 1.807) is 56.8 Å². The third kappa shape index (κ3) is 3.86. The van der Waals surface area contributed by atoms with Crippen LogP contribution < -0.4 is 0 Å². The summed E-state index contributed by atoms with van der Waals surface area (Å²) in [4.78, 5) is 48.9. The van der Waals surface area contributed by atoms with Gasteiger partial charge in [-0.2, -0.15) is 0 Å². The molecule has 0 aliphatic rings. The summed E-state index contributed by atoms with van der Waals surface area (Å²) in [6.45, 7) is 4.02. The number of benzene rings is 2. The van der Waals surface area contributed by atoms with Crippen molar-refractivity contribution >= 4 is 39.5 Å². The number of carbonyl (C=O) groups is 3. The lowest BCUT2D eigenvalue weighted by Gasteiger charge is -2.11. The smallest absolute Gasteiger partial charge is 0.328 e. The van der Waals surface area contributed by atoms with Crippen LogP contribution in [0.25, 0.3) is 21.9 Å². The maximum Gasteiger partial charge on any atom is 0.328 e. The SMILES string of the molecule is CC(=O)c1cccc2c1c(C(=O)c1ccc(Cn3c(C)nc4cnccc43)cc1)cn2C(=O)N(C)C. The van der Waals surface area contributed by atoms with E-state index in [0.717, 1.165) is 22.4 Å². The van der Waals surface area contributed by atoms with Crippen LogP contribution in [0.2, 0.25) is 0 Å². The maximum absolute atomic E-state index is 13.6. The molecule has 5 aromatic rings. The lowest BCUT2D eigenvalue weighted by molar-refractivity contribution is 0.101. The molecule has 8 heteroatoms. The summed E-state index contributed by atoms with van der Waals surface area (Å²) in [6.07, 6.45) is 5.02. The topological polar surface area (TPSA) is 90.1 Å². The first kappa shape index (κ1) is 23.2. The maximum atomic E-state index is 13.6. The Labute approximate surface area is 207 Å². The Bertz CT molecular complexity index is 1660. The van der Waals surface area contributed by atoms with Crippen molar-refractivity contribution in [2.75, 3.05) is 14.1 Å². The minimum absolute atomic E-state index is 0.168. The average Bonchev–Trinajstić information content (AvgIpc) is 3.41. The second-order valence-electron chi connectivity index (χ2n) is 8.98. The molecule has 36 heavy (non-hydrogen) atoms. The highest BCUT2D eigenvalue weighted by Gasteiger charge is 2.23. The van der Waals surface area contributed by atoms with Gasteiger partial charge in [0, 0.05) is 55.1 Å². The Morgan fingerprint density at radius 3 is 2.39 bits per heavy atom. The molecule has 180 valence electrons. The molecule has 0 N–H and O–H groups in total. The minimum Gasteiger partial charge on any atom is -0.330 e. The number of aromatic nitrogens is 4. The average molecular weight is 480 g/mol. The molecule has 0 bridgehead atoms. The molecular weight excluding hydrogens is 454 g/mol. The van der Waals surface area contributed by atoms with E-state index in [1.165, 1.54) is 22.6 Å². The van der Waals surface area contributed by atoms with Gasteiger partial charge in [-0.3, -0.25) is 19.1 Å². The molecule has 0 fully saturated rings. The zero-order valence-corrected chi connectivity index (χ0v) is 20.5. The van der Waals surface area contributed by atoms with Crippen LogP contribution in [0.1, 0.15) is 44.6 Å². The van der Waals surface area contributed by atoms with Gasteiger partial charge in [0.05, 0.1) is 17.2 Å². The number of fused-ring (bicyclic) bond motifs is 2. The number of imidazole rings is 1. The van der Waals surface area contributed by atoms with E-state index in [-0.39, 0.29) is 17.6 Å². The largest absolute Gasteiger partial charge is 0.330 e. The molecule has 0 atom stereocenters. The van der Waals surface area contributed by atoms with Crippen molar-refractivity contribution in [1.82, 2.24) is 24.0 Å². The van der Waals surface area contributed by atoms with E-state index in [0.29, 0.717) is 34.1 Å². The Morgan fingerprint density at radius 1 is 0.944 bits per heavy atom. The van der Waals surface area contributed by atoms with Gasteiger partial charge in [0.25, 0.3) is 0 Å². The summed E-state index contributed by atoms with van der Waals surface area (Å²) in [7, 11) is 3.29. The lowest BCUT2D eigenvalue weighted by atomic mass is 9.97. The van der Waals surface area contributed by atoms with Gasteiger partial charge >= 0.3 is 6.03 Å². The summed E-state index contributed by atoms with van der Waals surface area (Å²) in [5.74, 6) is 0.465. The number of rotatable bonds is 5. The zero-order chi connectivity index (χ0) is 25.6. The highest BCUT2D eigenvalue weighted by Crippen LogP contribution is 2.28. The molecule has 1 amide bonds. The highest BCUT2D eigenvalue weighted by atomic mass is 16.2. The number of amides is 1. The van der Waals surface area contributed by atoms with Crippen molar-refractivity contribution in [2.24, 2.45) is 0 Å². The Kier molecular flexibility index (Phi) is 5.72. The number of Topliss-reactive ketones (excluding diaryl/α,β-unsaturated/α-hetero) is 1. The van der Waals surface area contributed by atoms with Gasteiger partial charge in [0.1, 0.15) is 11.3 Å². The molecule has 0 aliphatic carbocycles. The standard InChI is InChI=1S/C28H25N5O3/c1-17(34)21-6-5-7-25-26(21)22(16-33(25)28(36)31(3)4)27(35)20-10-8-19(9-11-20)15-32-18(2)30-23-14-29-13-12-24(23)32/h5-14,16H,15H2,1-4H3. The highest BCUT2D eigenvalue weighted by molar-refractivity contribution is 6.22. The molecular formula is C28H25N5O3. The summed E-state index contributed by atoms with van der Waals surface area (Å²) in [5, 5.41) is 0.489. The Hall–Kier alpha value is -4.59. The number of ketones is 2. The van der Waals surface area contributed by atoms with Gasteiger partial charge in [-0.1, -0.05) is 36.4 Å². The van der Waals surface area contributed by atoms with Gasteiger partial charge in [-0.25, -0.2) is 9.78 Å². The van der Waals surface area contributed by atoms with E-state index in [9.17, 15) is 14.4 Å². The number of hydrogen-bond donors (Lipinski definition) is 0. The van der Waals surface area contributed by atoms with Crippen molar-refractivity contribution in [3.05, 3.63) is 95.2 Å². The van der Waals surface area contributed by atoms with Crippen molar-refractivity contribution in [1.29, 1.82) is 0 Å². The van der Waals surface area contributed by atoms with Crippen molar-refractivity contribution in [3.63, 3.8) is 0 Å². The number of pyridine rings is 1. The summed E-state index contributed by atoms with van der Waals surface area (Å²) in [6, 6.07) is 14.2. The molecule has 0 saturated carbocycles. The lowest BCUT2D eigenvalue weighted by Crippen LogP contribution is -2.26. The molecule has 0 spiro atoms. The second kappa shape index (κ2) is 8.88. The van der Waals surface area contributed by atoms with Crippen LogP contribution in [0.5, 0.6) is 0 Å². The van der Waals surface area contributed by atoms with Gasteiger partial charge in [-0.05, 0) is 31.5 Å². The van der Waals surface area contributed by atoms with Crippen LogP contribution in [0.3, 0.4) is 0 Å². The van der Waals surface area contributed by atoms with Crippen LogP contribution >= 0.6 is 0 Å². The fourth-order valence-electron chi connectivity index (χ4n) is 4.53. The molecule has 2 aromatic carbocycles. The fraction of sp³-hybridized carbons (Fsp3) is 0.179. The monoisotopic (exact) mass is 479 g/mol. The summed E-state index contributed by atoms with van der Waals surface area (Å²) in [5.41, 5.74) is 4.59. The van der Waals surface area contributed by atoms with Gasteiger partial charge < -0.3 is 9.47 Å². The third-order valence-electron chi connectivity index (χ3n) is 6.34. The molecule has 3 heterocycles. The summed E-state index contributed by atoms with van der Waals surface area (Å²) < 4.78 is 3.53. The van der Waals surface area contributed by atoms with Crippen LogP contribution in [0.4, 0.5) is 4.79 Å².